The van der Waals surface area contributed by atoms with E-state index < -0.39 is 17.2 Å². The average Bonchev–Trinajstić information content (AvgIpc) is 3.11. The molecule has 0 aromatic heterocycles. The summed E-state index contributed by atoms with van der Waals surface area (Å²) in [5.41, 5.74) is 1.49. The number of rotatable bonds is 3. The number of hydrogen-bond donors (Lipinski definition) is 1. The Hall–Kier alpha value is -2.86. The van der Waals surface area contributed by atoms with Gasteiger partial charge in [0.1, 0.15) is 17.2 Å². The highest BCUT2D eigenvalue weighted by Gasteiger charge is 2.49. The van der Waals surface area contributed by atoms with Crippen molar-refractivity contribution < 1.29 is 19.1 Å². The zero-order valence-corrected chi connectivity index (χ0v) is 19.3. The molecule has 6 heteroatoms. The van der Waals surface area contributed by atoms with Crippen LogP contribution in [-0.4, -0.2) is 47.2 Å². The van der Waals surface area contributed by atoms with Crippen LogP contribution in [0.25, 0.3) is 0 Å². The van der Waals surface area contributed by atoms with E-state index in [4.69, 9.17) is 9.47 Å². The summed E-state index contributed by atoms with van der Waals surface area (Å²) in [4.78, 5) is 28.6. The van der Waals surface area contributed by atoms with Gasteiger partial charge < -0.3 is 19.7 Å². The third kappa shape index (κ3) is 4.80. The molecule has 2 aliphatic rings. The fourth-order valence-electron chi connectivity index (χ4n) is 4.68. The molecular weight excluding hydrogens is 404 g/mol. The molecule has 0 spiro atoms. The largest absolute Gasteiger partial charge is 0.444 e. The van der Waals surface area contributed by atoms with Crippen LogP contribution in [0.5, 0.6) is 0 Å². The third-order valence-corrected chi connectivity index (χ3v) is 5.97. The Morgan fingerprint density at radius 3 is 2.19 bits per heavy atom. The number of benzene rings is 2. The van der Waals surface area contributed by atoms with E-state index in [1.807, 2.05) is 87.2 Å². The highest BCUT2D eigenvalue weighted by atomic mass is 16.6. The lowest BCUT2D eigenvalue weighted by atomic mass is 9.92. The van der Waals surface area contributed by atoms with E-state index in [-0.39, 0.29) is 18.1 Å². The van der Waals surface area contributed by atoms with Crippen molar-refractivity contribution in [1.29, 1.82) is 0 Å². The molecule has 2 amide bonds. The first kappa shape index (κ1) is 22.3. The van der Waals surface area contributed by atoms with Gasteiger partial charge in [0.25, 0.3) is 0 Å². The van der Waals surface area contributed by atoms with Crippen LogP contribution in [0.15, 0.2) is 54.6 Å². The van der Waals surface area contributed by atoms with Gasteiger partial charge in [-0.25, -0.2) is 4.79 Å². The molecule has 1 N–H and O–H groups in total. The second-order valence-corrected chi connectivity index (χ2v) is 9.89. The van der Waals surface area contributed by atoms with Crippen molar-refractivity contribution in [2.45, 2.75) is 63.9 Å². The van der Waals surface area contributed by atoms with E-state index in [0.29, 0.717) is 25.9 Å². The predicted octanol–water partition coefficient (Wildman–Crippen LogP) is 4.04. The fraction of sp³-hybridized carbons (Fsp3) is 0.462. The Kier molecular flexibility index (Phi) is 5.99. The van der Waals surface area contributed by atoms with Gasteiger partial charge in [0.05, 0.1) is 12.6 Å². The lowest BCUT2D eigenvalue weighted by molar-refractivity contribution is -0.151. The predicted molar refractivity (Wildman–Crippen MR) is 122 cm³/mol. The number of alkyl carbamates (subject to hydrolysis) is 1. The second-order valence-electron chi connectivity index (χ2n) is 9.89. The molecule has 2 atom stereocenters. The summed E-state index contributed by atoms with van der Waals surface area (Å²) in [7, 11) is 0. The van der Waals surface area contributed by atoms with Gasteiger partial charge in [-0.15, -0.1) is 0 Å². The number of carbonyl (C=O) groups is 2. The Morgan fingerprint density at radius 1 is 1.00 bits per heavy atom. The van der Waals surface area contributed by atoms with E-state index in [0.717, 1.165) is 16.7 Å². The molecule has 1 aliphatic carbocycles. The molecule has 2 aromatic carbocycles. The minimum Gasteiger partial charge on any atom is -0.444 e. The summed E-state index contributed by atoms with van der Waals surface area (Å²) in [6.07, 6.45) is 0.0116. The highest BCUT2D eigenvalue weighted by molar-refractivity contribution is 5.92. The molecule has 0 radical (unpaired) electrons. The quantitative estimate of drug-likeness (QED) is 0.789. The standard InChI is InChI=1S/C26H32N2O4/c1-18-16-28(17-22(31-18)19-10-6-5-7-11-19)23(29)26(27-24(30)32-25(2,3)4)14-20-12-8-9-13-21(20)15-26/h5-13,18,22H,14-17H2,1-4H3,(H,27,30)/t18-,22-/m1/s1. The van der Waals surface area contributed by atoms with Crippen LogP contribution in [-0.2, 0) is 27.1 Å². The number of nitrogens with zero attached hydrogens (tertiary/aromatic N) is 1. The van der Waals surface area contributed by atoms with Crippen LogP contribution in [0.2, 0.25) is 0 Å². The molecule has 0 saturated carbocycles. The highest BCUT2D eigenvalue weighted by Crippen LogP contribution is 2.34. The lowest BCUT2D eigenvalue weighted by Crippen LogP contribution is -2.63. The average molecular weight is 437 g/mol. The number of amides is 2. The molecule has 2 aromatic rings. The molecule has 1 fully saturated rings. The number of nitrogens with one attached hydrogen (secondary N) is 1. The summed E-state index contributed by atoms with van der Waals surface area (Å²) in [5, 5.41) is 2.97. The Morgan fingerprint density at radius 2 is 1.59 bits per heavy atom. The molecule has 32 heavy (non-hydrogen) atoms. The zero-order valence-electron chi connectivity index (χ0n) is 19.3. The van der Waals surface area contributed by atoms with E-state index in [1.165, 1.54) is 0 Å². The van der Waals surface area contributed by atoms with Gasteiger partial charge >= 0.3 is 6.09 Å². The molecule has 0 unspecified atom stereocenters. The van der Waals surface area contributed by atoms with Crippen molar-refractivity contribution >= 4 is 12.0 Å². The van der Waals surface area contributed by atoms with Gasteiger partial charge in [0.2, 0.25) is 5.91 Å². The van der Waals surface area contributed by atoms with Crippen LogP contribution in [0, 0.1) is 0 Å². The SMILES string of the molecule is C[C@@H]1CN(C(=O)C2(NC(=O)OC(C)(C)C)Cc3ccccc3C2)C[C@H](c2ccccc2)O1. The molecule has 1 aliphatic heterocycles. The monoisotopic (exact) mass is 436 g/mol. The maximum Gasteiger partial charge on any atom is 0.408 e. The van der Waals surface area contributed by atoms with E-state index in [2.05, 4.69) is 5.32 Å². The second kappa shape index (κ2) is 8.58. The summed E-state index contributed by atoms with van der Waals surface area (Å²) in [6, 6.07) is 17.9. The van der Waals surface area contributed by atoms with Gasteiger partial charge in [-0.3, -0.25) is 4.79 Å². The Labute approximate surface area is 189 Å². The first-order valence-electron chi connectivity index (χ1n) is 11.2. The Balaban J connectivity index is 1.61. The van der Waals surface area contributed by atoms with Gasteiger partial charge in [-0.1, -0.05) is 54.6 Å². The van der Waals surface area contributed by atoms with Crippen LogP contribution < -0.4 is 5.32 Å². The van der Waals surface area contributed by atoms with Crippen molar-refractivity contribution in [3.63, 3.8) is 0 Å². The number of fused-ring (bicyclic) bond motifs is 1. The van der Waals surface area contributed by atoms with Crippen molar-refractivity contribution in [2.24, 2.45) is 0 Å². The van der Waals surface area contributed by atoms with Crippen LogP contribution in [0.1, 0.15) is 50.5 Å². The first-order valence-corrected chi connectivity index (χ1v) is 11.2. The van der Waals surface area contributed by atoms with Crippen molar-refractivity contribution in [3.05, 3.63) is 71.3 Å². The zero-order chi connectivity index (χ0) is 22.9. The number of carbonyl (C=O) groups excluding carboxylic acids is 2. The van der Waals surface area contributed by atoms with Gasteiger partial charge in [-0.05, 0) is 44.4 Å². The third-order valence-electron chi connectivity index (χ3n) is 5.97. The summed E-state index contributed by atoms with van der Waals surface area (Å²) in [6.45, 7) is 8.36. The normalized spacial score (nSPS) is 22.2. The molecule has 1 heterocycles. The van der Waals surface area contributed by atoms with Gasteiger partial charge in [0, 0.05) is 19.4 Å². The Bertz CT molecular complexity index is 958. The van der Waals surface area contributed by atoms with Gasteiger partial charge in [0.15, 0.2) is 0 Å². The van der Waals surface area contributed by atoms with Crippen LogP contribution in [0.4, 0.5) is 4.79 Å². The maximum atomic E-state index is 14.0. The van der Waals surface area contributed by atoms with Crippen LogP contribution in [0.3, 0.4) is 0 Å². The van der Waals surface area contributed by atoms with E-state index in [1.54, 1.807) is 0 Å². The van der Waals surface area contributed by atoms with Crippen molar-refractivity contribution in [1.82, 2.24) is 10.2 Å². The molecule has 170 valence electrons. The smallest absolute Gasteiger partial charge is 0.408 e. The minimum atomic E-state index is -1.07. The van der Waals surface area contributed by atoms with Crippen molar-refractivity contribution in [3.8, 4) is 0 Å². The topological polar surface area (TPSA) is 67.9 Å². The molecule has 0 bridgehead atoms. The van der Waals surface area contributed by atoms with E-state index >= 15 is 0 Å². The van der Waals surface area contributed by atoms with Crippen LogP contribution >= 0.6 is 0 Å². The first-order chi connectivity index (χ1) is 15.2. The minimum absolute atomic E-state index is 0.0874. The summed E-state index contributed by atoms with van der Waals surface area (Å²) >= 11 is 0. The molecule has 4 rings (SSSR count). The summed E-state index contributed by atoms with van der Waals surface area (Å²) < 4.78 is 11.7. The van der Waals surface area contributed by atoms with E-state index in [9.17, 15) is 9.59 Å². The number of morpholine rings is 1. The molecular formula is C26H32N2O4. The number of ether oxygens (including phenoxy) is 2. The summed E-state index contributed by atoms with van der Waals surface area (Å²) in [5.74, 6) is -0.0874. The van der Waals surface area contributed by atoms with Crippen molar-refractivity contribution in [2.75, 3.05) is 13.1 Å². The molecule has 6 nitrogen and oxygen atoms in total. The lowest BCUT2D eigenvalue weighted by Gasteiger charge is -2.41. The molecule has 1 saturated heterocycles. The number of hydrogen-bond acceptors (Lipinski definition) is 4. The fourth-order valence-corrected chi connectivity index (χ4v) is 4.68. The van der Waals surface area contributed by atoms with Gasteiger partial charge in [-0.2, -0.15) is 0 Å². The maximum absolute atomic E-state index is 14.0.